The number of halogens is 2. The minimum absolute atomic E-state index is 0.407. The lowest BCUT2D eigenvalue weighted by Gasteiger charge is -2.06. The van der Waals surface area contributed by atoms with Crippen molar-refractivity contribution in [1.82, 2.24) is 9.97 Å². The Balaban J connectivity index is 2.02. The predicted octanol–water partition coefficient (Wildman–Crippen LogP) is 3.47. The molecule has 0 aliphatic rings. The molecule has 3 nitrogen and oxygen atoms in total. The van der Waals surface area contributed by atoms with Crippen molar-refractivity contribution in [3.05, 3.63) is 52.0 Å². The number of aromatic nitrogens is 2. The summed E-state index contributed by atoms with van der Waals surface area (Å²) in [5, 5.41) is 0.604. The average Bonchev–Trinajstić information content (AvgIpc) is 2.30. The molecule has 0 aliphatic carbocycles. The van der Waals surface area contributed by atoms with Gasteiger partial charge in [-0.3, -0.25) is 4.98 Å². The van der Waals surface area contributed by atoms with Crippen LogP contribution in [-0.2, 0) is 6.61 Å². The van der Waals surface area contributed by atoms with Gasteiger partial charge in [-0.15, -0.1) is 0 Å². The number of rotatable bonds is 3. The van der Waals surface area contributed by atoms with E-state index in [1.54, 1.807) is 18.6 Å². The summed E-state index contributed by atoms with van der Waals surface area (Å²) in [6.45, 7) is 0.407. The Labute approximate surface area is 107 Å². The van der Waals surface area contributed by atoms with Crippen molar-refractivity contribution in [1.29, 1.82) is 0 Å². The molecule has 2 heterocycles. The van der Waals surface area contributed by atoms with Crippen LogP contribution in [0.2, 0.25) is 5.02 Å². The van der Waals surface area contributed by atoms with Gasteiger partial charge in [-0.25, -0.2) is 4.98 Å². The Hall–Kier alpha value is -1.13. The van der Waals surface area contributed by atoms with Gasteiger partial charge in [-0.2, -0.15) is 0 Å². The number of ether oxygens (including phenoxy) is 1. The molecule has 0 bridgehead atoms. The van der Waals surface area contributed by atoms with E-state index in [1.807, 2.05) is 18.2 Å². The van der Waals surface area contributed by atoms with Crippen LogP contribution in [0.15, 0.2) is 41.4 Å². The van der Waals surface area contributed by atoms with E-state index < -0.39 is 0 Å². The number of hydrogen-bond donors (Lipinski definition) is 0. The molecule has 0 unspecified atom stereocenters. The van der Waals surface area contributed by atoms with Crippen molar-refractivity contribution >= 4 is 27.5 Å². The van der Waals surface area contributed by atoms with E-state index in [9.17, 15) is 0 Å². The van der Waals surface area contributed by atoms with Crippen molar-refractivity contribution in [2.24, 2.45) is 0 Å². The molecule has 0 spiro atoms. The van der Waals surface area contributed by atoms with Crippen LogP contribution in [0.3, 0.4) is 0 Å². The highest BCUT2D eigenvalue weighted by Gasteiger charge is 2.01. The lowest BCUT2D eigenvalue weighted by molar-refractivity contribution is 0.305. The Morgan fingerprint density at radius 1 is 1.25 bits per heavy atom. The summed E-state index contributed by atoms with van der Waals surface area (Å²) in [6, 6.07) is 5.49. The SMILES string of the molecule is Clc1cnccc1COc1ccc(Br)nc1. The molecular formula is C11H8BrClN2O. The smallest absolute Gasteiger partial charge is 0.138 e. The lowest BCUT2D eigenvalue weighted by Crippen LogP contribution is -1.96. The normalized spacial score (nSPS) is 10.1. The summed E-state index contributed by atoms with van der Waals surface area (Å²) in [6.07, 6.45) is 4.93. The van der Waals surface area contributed by atoms with Gasteiger partial charge >= 0.3 is 0 Å². The summed E-state index contributed by atoms with van der Waals surface area (Å²) in [7, 11) is 0. The first kappa shape index (κ1) is 11.4. The second-order valence-electron chi connectivity index (χ2n) is 3.07. The van der Waals surface area contributed by atoms with Crippen LogP contribution in [-0.4, -0.2) is 9.97 Å². The maximum atomic E-state index is 5.95. The van der Waals surface area contributed by atoms with E-state index >= 15 is 0 Å². The van der Waals surface area contributed by atoms with Crippen molar-refractivity contribution in [2.45, 2.75) is 6.61 Å². The fourth-order valence-electron chi connectivity index (χ4n) is 1.13. The van der Waals surface area contributed by atoms with E-state index in [4.69, 9.17) is 16.3 Å². The molecule has 0 amide bonds. The third-order valence-electron chi connectivity index (χ3n) is 1.95. The van der Waals surface area contributed by atoms with Crippen molar-refractivity contribution < 1.29 is 4.74 Å². The summed E-state index contributed by atoms with van der Waals surface area (Å²) in [4.78, 5) is 7.97. The summed E-state index contributed by atoms with van der Waals surface area (Å²) >= 11 is 9.21. The van der Waals surface area contributed by atoms with Crippen molar-refractivity contribution in [3.8, 4) is 5.75 Å². The summed E-state index contributed by atoms with van der Waals surface area (Å²) < 4.78 is 6.31. The largest absolute Gasteiger partial charge is 0.487 e. The Morgan fingerprint density at radius 2 is 2.12 bits per heavy atom. The fourth-order valence-corrected chi connectivity index (χ4v) is 1.54. The van der Waals surface area contributed by atoms with Gasteiger partial charge in [0.05, 0.1) is 11.2 Å². The van der Waals surface area contributed by atoms with Gasteiger partial charge in [0.15, 0.2) is 0 Å². The minimum Gasteiger partial charge on any atom is -0.487 e. The molecule has 82 valence electrons. The maximum absolute atomic E-state index is 5.95. The first-order chi connectivity index (χ1) is 7.75. The molecule has 0 aromatic carbocycles. The molecule has 5 heteroatoms. The van der Waals surface area contributed by atoms with E-state index in [0.717, 1.165) is 10.2 Å². The van der Waals surface area contributed by atoms with Gasteiger partial charge in [-0.05, 0) is 34.1 Å². The van der Waals surface area contributed by atoms with E-state index in [-0.39, 0.29) is 0 Å². The molecule has 0 radical (unpaired) electrons. The Morgan fingerprint density at radius 3 is 2.81 bits per heavy atom. The lowest BCUT2D eigenvalue weighted by atomic mass is 10.3. The molecule has 0 aliphatic heterocycles. The highest BCUT2D eigenvalue weighted by atomic mass is 79.9. The van der Waals surface area contributed by atoms with Gasteiger partial charge in [0.1, 0.15) is 17.0 Å². The summed E-state index contributed by atoms with van der Waals surface area (Å²) in [5.41, 5.74) is 0.902. The summed E-state index contributed by atoms with van der Waals surface area (Å²) in [5.74, 6) is 0.705. The minimum atomic E-state index is 0.407. The molecular weight excluding hydrogens is 291 g/mol. The zero-order valence-electron chi connectivity index (χ0n) is 8.23. The monoisotopic (exact) mass is 298 g/mol. The second kappa shape index (κ2) is 5.27. The van der Waals surface area contributed by atoms with Crippen LogP contribution in [0, 0.1) is 0 Å². The number of hydrogen-bond acceptors (Lipinski definition) is 3. The third kappa shape index (κ3) is 2.93. The first-order valence-electron chi connectivity index (χ1n) is 4.58. The van der Waals surface area contributed by atoms with Crippen LogP contribution in [0.1, 0.15) is 5.56 Å². The Bertz CT molecular complexity index is 476. The maximum Gasteiger partial charge on any atom is 0.138 e. The fraction of sp³-hybridized carbons (Fsp3) is 0.0909. The predicted molar refractivity (Wildman–Crippen MR) is 65.5 cm³/mol. The quantitative estimate of drug-likeness (QED) is 0.814. The molecule has 2 aromatic rings. The standard InChI is InChI=1S/C11H8BrClN2O/c12-11-2-1-9(5-15-11)16-7-8-3-4-14-6-10(8)13/h1-6H,7H2. The van der Waals surface area contributed by atoms with E-state index in [0.29, 0.717) is 17.4 Å². The van der Waals surface area contributed by atoms with Crippen LogP contribution in [0.25, 0.3) is 0 Å². The highest BCUT2D eigenvalue weighted by molar-refractivity contribution is 9.10. The molecule has 0 fully saturated rings. The van der Waals surface area contributed by atoms with Crippen LogP contribution < -0.4 is 4.74 Å². The van der Waals surface area contributed by atoms with Gasteiger partial charge in [0, 0.05) is 18.0 Å². The van der Waals surface area contributed by atoms with Gasteiger partial charge in [0.2, 0.25) is 0 Å². The molecule has 2 aromatic heterocycles. The molecule has 0 saturated heterocycles. The second-order valence-corrected chi connectivity index (χ2v) is 4.29. The molecule has 0 saturated carbocycles. The third-order valence-corrected chi connectivity index (χ3v) is 2.76. The zero-order valence-corrected chi connectivity index (χ0v) is 10.6. The number of nitrogens with zero attached hydrogens (tertiary/aromatic N) is 2. The van der Waals surface area contributed by atoms with Crippen LogP contribution in [0.5, 0.6) is 5.75 Å². The average molecular weight is 300 g/mol. The van der Waals surface area contributed by atoms with Gasteiger partial charge < -0.3 is 4.74 Å². The molecule has 16 heavy (non-hydrogen) atoms. The topological polar surface area (TPSA) is 35.0 Å². The number of pyridine rings is 2. The zero-order chi connectivity index (χ0) is 11.4. The van der Waals surface area contributed by atoms with Crippen molar-refractivity contribution in [2.75, 3.05) is 0 Å². The molecule has 2 rings (SSSR count). The van der Waals surface area contributed by atoms with Crippen molar-refractivity contribution in [3.63, 3.8) is 0 Å². The first-order valence-corrected chi connectivity index (χ1v) is 5.75. The van der Waals surface area contributed by atoms with Crippen LogP contribution in [0.4, 0.5) is 0 Å². The highest BCUT2D eigenvalue weighted by Crippen LogP contribution is 2.18. The van der Waals surface area contributed by atoms with E-state index in [2.05, 4.69) is 25.9 Å². The van der Waals surface area contributed by atoms with Gasteiger partial charge in [-0.1, -0.05) is 11.6 Å². The molecule has 0 atom stereocenters. The van der Waals surface area contributed by atoms with Crippen LogP contribution >= 0.6 is 27.5 Å². The van der Waals surface area contributed by atoms with E-state index in [1.165, 1.54) is 0 Å². The molecule has 0 N–H and O–H groups in total. The Kier molecular flexibility index (Phi) is 3.74. The van der Waals surface area contributed by atoms with Gasteiger partial charge in [0.25, 0.3) is 0 Å².